The molecule has 0 bridgehead atoms. The fraction of sp³-hybridized carbons (Fsp3) is 0.353. The van der Waals surface area contributed by atoms with E-state index in [0.29, 0.717) is 17.9 Å². The Morgan fingerprint density at radius 1 is 1.38 bits per heavy atom. The van der Waals surface area contributed by atoms with E-state index < -0.39 is 12.1 Å². The van der Waals surface area contributed by atoms with Crippen molar-refractivity contribution in [3.8, 4) is 0 Å². The molecule has 1 N–H and O–H groups in total. The summed E-state index contributed by atoms with van der Waals surface area (Å²) in [5.74, 6) is 0.490. The molecule has 1 heterocycles. The lowest BCUT2D eigenvalue weighted by molar-refractivity contribution is -0.128. The molecule has 0 radical (unpaired) electrons. The third-order valence-electron chi connectivity index (χ3n) is 3.16. The molecule has 6 nitrogen and oxygen atoms in total. The number of benzene rings is 1. The van der Waals surface area contributed by atoms with Gasteiger partial charge in [0.05, 0.1) is 11.3 Å². The van der Waals surface area contributed by atoms with E-state index in [0.717, 1.165) is 16.3 Å². The maximum absolute atomic E-state index is 12.4. The summed E-state index contributed by atoms with van der Waals surface area (Å²) in [7, 11) is 0. The minimum Gasteiger partial charge on any atom is -0.449 e. The molecular formula is C17H20N2O4S. The molecule has 2 aromatic rings. The highest BCUT2D eigenvalue weighted by Gasteiger charge is 2.20. The molecule has 0 unspecified atom stereocenters. The first-order valence-corrected chi connectivity index (χ1v) is 8.62. The van der Waals surface area contributed by atoms with Crippen LogP contribution in [0.4, 0.5) is 0 Å². The van der Waals surface area contributed by atoms with Crippen LogP contribution in [0.3, 0.4) is 0 Å². The van der Waals surface area contributed by atoms with E-state index in [4.69, 9.17) is 9.26 Å². The first-order chi connectivity index (χ1) is 11.5. The summed E-state index contributed by atoms with van der Waals surface area (Å²) in [6.07, 6.45) is -0.839. The Kier molecular flexibility index (Phi) is 6.43. The molecule has 2 rings (SSSR count). The molecule has 7 heteroatoms. The van der Waals surface area contributed by atoms with Crippen LogP contribution in [-0.4, -0.2) is 29.7 Å². The average Bonchev–Trinajstić information content (AvgIpc) is 2.98. The van der Waals surface area contributed by atoms with Crippen LogP contribution in [0.1, 0.15) is 35.7 Å². The van der Waals surface area contributed by atoms with Crippen molar-refractivity contribution in [3.63, 3.8) is 0 Å². The molecule has 0 aliphatic heterocycles. The SMILES string of the molecule is CCNC(=O)[C@@H](C)OC(=O)c1ccccc1SCc1cc(C)on1. The summed E-state index contributed by atoms with van der Waals surface area (Å²) in [5.41, 5.74) is 1.23. The van der Waals surface area contributed by atoms with Gasteiger partial charge in [0.2, 0.25) is 0 Å². The van der Waals surface area contributed by atoms with Crippen LogP contribution in [0.25, 0.3) is 0 Å². The van der Waals surface area contributed by atoms with Gasteiger partial charge < -0.3 is 14.6 Å². The Hall–Kier alpha value is -2.28. The second kappa shape index (κ2) is 8.54. The number of hydrogen-bond acceptors (Lipinski definition) is 6. The second-order valence-electron chi connectivity index (χ2n) is 5.16. The van der Waals surface area contributed by atoms with Crippen LogP contribution < -0.4 is 5.32 Å². The minimum absolute atomic E-state index is 0.311. The smallest absolute Gasteiger partial charge is 0.340 e. The number of aryl methyl sites for hydroxylation is 1. The van der Waals surface area contributed by atoms with Crippen molar-refractivity contribution in [1.29, 1.82) is 0 Å². The van der Waals surface area contributed by atoms with Crippen molar-refractivity contribution in [2.45, 2.75) is 37.5 Å². The number of nitrogens with one attached hydrogen (secondary N) is 1. The standard InChI is InChI=1S/C17H20N2O4S/c1-4-18-16(20)12(3)22-17(21)14-7-5-6-8-15(14)24-10-13-9-11(2)23-19-13/h5-9,12H,4,10H2,1-3H3,(H,18,20)/t12-/m1/s1. The topological polar surface area (TPSA) is 81.4 Å². The first kappa shape index (κ1) is 18.1. The number of hydrogen-bond donors (Lipinski definition) is 1. The second-order valence-corrected chi connectivity index (χ2v) is 6.17. The molecule has 0 spiro atoms. The molecule has 1 atom stereocenters. The Morgan fingerprint density at radius 2 is 2.12 bits per heavy atom. The van der Waals surface area contributed by atoms with Crippen LogP contribution in [0, 0.1) is 6.92 Å². The van der Waals surface area contributed by atoms with Gasteiger partial charge >= 0.3 is 5.97 Å². The van der Waals surface area contributed by atoms with E-state index >= 15 is 0 Å². The molecule has 0 aliphatic rings. The molecule has 24 heavy (non-hydrogen) atoms. The van der Waals surface area contributed by atoms with Crippen LogP contribution in [0.5, 0.6) is 0 Å². The zero-order valence-electron chi connectivity index (χ0n) is 13.9. The Bertz CT molecular complexity index is 714. The van der Waals surface area contributed by atoms with E-state index in [-0.39, 0.29) is 5.91 Å². The first-order valence-electron chi connectivity index (χ1n) is 7.64. The molecule has 1 aromatic carbocycles. The largest absolute Gasteiger partial charge is 0.449 e. The number of nitrogens with zero attached hydrogens (tertiary/aromatic N) is 1. The maximum atomic E-state index is 12.4. The summed E-state index contributed by atoms with van der Waals surface area (Å²) in [6, 6.07) is 8.98. The summed E-state index contributed by atoms with van der Waals surface area (Å²) < 4.78 is 10.3. The summed E-state index contributed by atoms with van der Waals surface area (Å²) in [5, 5.41) is 6.56. The number of carbonyl (C=O) groups excluding carboxylic acids is 2. The Labute approximate surface area is 144 Å². The van der Waals surface area contributed by atoms with E-state index in [1.165, 1.54) is 11.8 Å². The average molecular weight is 348 g/mol. The number of carbonyl (C=O) groups is 2. The summed E-state index contributed by atoms with van der Waals surface area (Å²) in [6.45, 7) is 5.68. The van der Waals surface area contributed by atoms with Gasteiger partial charge in [-0.05, 0) is 32.9 Å². The maximum Gasteiger partial charge on any atom is 0.340 e. The van der Waals surface area contributed by atoms with Crippen molar-refractivity contribution >= 4 is 23.6 Å². The molecule has 0 fully saturated rings. The van der Waals surface area contributed by atoms with Crippen LogP contribution in [0.2, 0.25) is 0 Å². The molecular weight excluding hydrogens is 328 g/mol. The van der Waals surface area contributed by atoms with Crippen LogP contribution >= 0.6 is 11.8 Å². The van der Waals surface area contributed by atoms with Gasteiger partial charge in [0.1, 0.15) is 5.76 Å². The lowest BCUT2D eigenvalue weighted by Crippen LogP contribution is -2.35. The van der Waals surface area contributed by atoms with E-state index in [1.807, 2.05) is 32.0 Å². The van der Waals surface area contributed by atoms with Crippen molar-refractivity contribution in [1.82, 2.24) is 10.5 Å². The fourth-order valence-electron chi connectivity index (χ4n) is 1.99. The lowest BCUT2D eigenvalue weighted by atomic mass is 10.2. The zero-order valence-corrected chi connectivity index (χ0v) is 14.7. The van der Waals surface area contributed by atoms with Gasteiger partial charge in [0, 0.05) is 23.3 Å². The number of likely N-dealkylation sites (N-methyl/N-ethyl adjacent to an activating group) is 1. The van der Waals surface area contributed by atoms with E-state index in [1.54, 1.807) is 19.1 Å². The number of esters is 1. The number of ether oxygens (including phenoxy) is 1. The van der Waals surface area contributed by atoms with Gasteiger partial charge in [-0.3, -0.25) is 4.79 Å². The van der Waals surface area contributed by atoms with E-state index in [9.17, 15) is 9.59 Å². The van der Waals surface area contributed by atoms with Gasteiger partial charge in [-0.2, -0.15) is 0 Å². The quantitative estimate of drug-likeness (QED) is 0.612. The zero-order chi connectivity index (χ0) is 17.5. The summed E-state index contributed by atoms with van der Waals surface area (Å²) in [4.78, 5) is 24.8. The van der Waals surface area contributed by atoms with Crippen molar-refractivity contribution in [3.05, 3.63) is 47.3 Å². The number of aromatic nitrogens is 1. The minimum atomic E-state index is -0.839. The monoisotopic (exact) mass is 348 g/mol. The highest BCUT2D eigenvalue weighted by Crippen LogP contribution is 2.27. The van der Waals surface area contributed by atoms with Crippen molar-refractivity contribution < 1.29 is 18.8 Å². The predicted octanol–water partition coefficient (Wildman–Crippen LogP) is 2.96. The van der Waals surface area contributed by atoms with Crippen molar-refractivity contribution in [2.24, 2.45) is 0 Å². The van der Waals surface area contributed by atoms with E-state index in [2.05, 4.69) is 10.5 Å². The van der Waals surface area contributed by atoms with Crippen LogP contribution in [-0.2, 0) is 15.3 Å². The third kappa shape index (κ3) is 4.86. The normalized spacial score (nSPS) is 11.8. The van der Waals surface area contributed by atoms with Crippen LogP contribution in [0.15, 0.2) is 39.8 Å². The highest BCUT2D eigenvalue weighted by atomic mass is 32.2. The number of thioether (sulfide) groups is 1. The number of amides is 1. The molecule has 128 valence electrons. The van der Waals surface area contributed by atoms with Crippen molar-refractivity contribution in [2.75, 3.05) is 6.54 Å². The Morgan fingerprint density at radius 3 is 2.79 bits per heavy atom. The third-order valence-corrected chi connectivity index (χ3v) is 4.27. The lowest BCUT2D eigenvalue weighted by Gasteiger charge is -2.14. The Balaban J connectivity index is 2.04. The van der Waals surface area contributed by atoms with Gasteiger partial charge in [0.25, 0.3) is 5.91 Å². The van der Waals surface area contributed by atoms with Gasteiger partial charge in [-0.15, -0.1) is 11.8 Å². The molecule has 1 aromatic heterocycles. The highest BCUT2D eigenvalue weighted by molar-refractivity contribution is 7.98. The predicted molar refractivity (Wildman–Crippen MR) is 90.8 cm³/mol. The summed E-state index contributed by atoms with van der Waals surface area (Å²) >= 11 is 1.46. The number of rotatable bonds is 7. The van der Waals surface area contributed by atoms with Gasteiger partial charge in [-0.25, -0.2) is 4.79 Å². The van der Waals surface area contributed by atoms with Gasteiger partial charge in [-0.1, -0.05) is 17.3 Å². The molecule has 0 aliphatic carbocycles. The van der Waals surface area contributed by atoms with Gasteiger partial charge in [0.15, 0.2) is 6.10 Å². The molecule has 0 saturated carbocycles. The molecule has 1 amide bonds. The molecule has 0 saturated heterocycles. The fourth-order valence-corrected chi connectivity index (χ4v) is 2.92.